The maximum atomic E-state index is 13.7. The number of hydrogen-bond acceptors (Lipinski definition) is 8. The van der Waals surface area contributed by atoms with Crippen LogP contribution in [-0.4, -0.2) is 43.2 Å². The Morgan fingerprint density at radius 3 is 2.40 bits per heavy atom. The minimum absolute atomic E-state index is 0.0415. The number of amides is 3. The van der Waals surface area contributed by atoms with Gasteiger partial charge in [-0.3, -0.25) is 14.4 Å². The number of thiophene rings is 1. The normalized spacial score (nSPS) is 14.8. The molecular formula is C41H45N3O6S2. The zero-order valence-electron chi connectivity index (χ0n) is 30.3. The molecule has 1 aliphatic rings. The fourth-order valence-electron chi connectivity index (χ4n) is 6.10. The molecule has 0 bridgehead atoms. The molecule has 52 heavy (non-hydrogen) atoms. The molecule has 1 heterocycles. The van der Waals surface area contributed by atoms with E-state index in [0.717, 1.165) is 34.6 Å². The smallest absolute Gasteiger partial charge is 0.341 e. The van der Waals surface area contributed by atoms with Crippen LogP contribution in [0.25, 0.3) is 6.08 Å². The summed E-state index contributed by atoms with van der Waals surface area (Å²) in [6.45, 7) is 8.66. The van der Waals surface area contributed by atoms with Gasteiger partial charge in [-0.05, 0) is 96.7 Å². The second-order valence-electron chi connectivity index (χ2n) is 13.6. The van der Waals surface area contributed by atoms with E-state index in [1.807, 2.05) is 19.1 Å². The Balaban J connectivity index is 1.33. The molecule has 4 aromatic rings. The van der Waals surface area contributed by atoms with Gasteiger partial charge in [0.15, 0.2) is 0 Å². The molecule has 0 aliphatic heterocycles. The summed E-state index contributed by atoms with van der Waals surface area (Å²) in [4.78, 5) is 55.4. The number of carbonyl (C=O) groups is 4. The Labute approximate surface area is 313 Å². The van der Waals surface area contributed by atoms with Gasteiger partial charge in [-0.25, -0.2) is 4.79 Å². The van der Waals surface area contributed by atoms with Gasteiger partial charge in [0.05, 0.1) is 25.0 Å². The van der Waals surface area contributed by atoms with Gasteiger partial charge < -0.3 is 25.4 Å². The summed E-state index contributed by atoms with van der Waals surface area (Å²) in [6.07, 6.45) is 4.72. The van der Waals surface area contributed by atoms with E-state index >= 15 is 0 Å². The fourth-order valence-corrected chi connectivity index (χ4v) is 8.43. The first-order valence-electron chi connectivity index (χ1n) is 17.2. The van der Waals surface area contributed by atoms with Gasteiger partial charge in [0, 0.05) is 21.0 Å². The number of fused-ring (bicyclic) bond motifs is 1. The number of benzene rings is 3. The third kappa shape index (κ3) is 9.51. The van der Waals surface area contributed by atoms with Crippen molar-refractivity contribution in [3.8, 4) is 5.75 Å². The minimum Gasteiger partial charge on any atom is -0.497 e. The maximum absolute atomic E-state index is 13.7. The first-order chi connectivity index (χ1) is 24.9. The molecule has 11 heteroatoms. The lowest BCUT2D eigenvalue weighted by Crippen LogP contribution is -2.30. The Hall–Kier alpha value is -4.87. The Bertz CT molecular complexity index is 1960. The quantitative estimate of drug-likeness (QED) is 0.0756. The fraction of sp³-hybridized carbons (Fsp3) is 0.317. The molecule has 9 nitrogen and oxygen atoms in total. The lowest BCUT2D eigenvalue weighted by atomic mass is 9.72. The predicted molar refractivity (Wildman–Crippen MR) is 209 cm³/mol. The molecule has 2 atom stereocenters. The molecule has 1 aromatic heterocycles. The van der Waals surface area contributed by atoms with Gasteiger partial charge in [-0.1, -0.05) is 64.1 Å². The second kappa shape index (κ2) is 17.1. The van der Waals surface area contributed by atoms with E-state index < -0.39 is 23.0 Å². The monoisotopic (exact) mass is 739 g/mol. The highest BCUT2D eigenvalue weighted by atomic mass is 32.2. The number of methoxy groups -OCH3 is 2. The maximum Gasteiger partial charge on any atom is 0.341 e. The molecular weight excluding hydrogens is 695 g/mol. The molecule has 0 spiro atoms. The van der Waals surface area contributed by atoms with Crippen molar-refractivity contribution < 1.29 is 28.7 Å². The molecule has 3 N–H and O–H groups in total. The molecule has 3 amide bonds. The topological polar surface area (TPSA) is 123 Å². The third-order valence-electron chi connectivity index (χ3n) is 9.08. The highest BCUT2D eigenvalue weighted by Crippen LogP contribution is 2.45. The van der Waals surface area contributed by atoms with Crippen molar-refractivity contribution in [1.82, 2.24) is 5.32 Å². The standard InChI is InChI=1S/C41H45N3O6S2/c1-7-33(38(47)44-39-35(40(48)50-6)31-20-19-27(41(2,3)4)23-34(31)52-39)51-30-18-12-16-28(24-30)42-37(46)32(22-25-13-11-17-29(21-25)49-5)43-36(45)26-14-9-8-10-15-26/h8-18,21-22,24,27,33H,7,19-20,23H2,1-6H3,(H,42,46)(H,43,45)(H,44,47)/b32-22-. The van der Waals surface area contributed by atoms with Gasteiger partial charge in [0.2, 0.25) is 5.91 Å². The van der Waals surface area contributed by atoms with Crippen LogP contribution in [-0.2, 0) is 27.2 Å². The molecule has 0 fully saturated rings. The first-order valence-corrected chi connectivity index (χ1v) is 18.9. The van der Waals surface area contributed by atoms with Crippen LogP contribution in [0.3, 0.4) is 0 Å². The van der Waals surface area contributed by atoms with Gasteiger partial charge in [-0.2, -0.15) is 0 Å². The number of thioether (sulfide) groups is 1. The Morgan fingerprint density at radius 1 is 0.962 bits per heavy atom. The van der Waals surface area contributed by atoms with Crippen LogP contribution >= 0.6 is 23.1 Å². The summed E-state index contributed by atoms with van der Waals surface area (Å²) < 4.78 is 10.5. The van der Waals surface area contributed by atoms with E-state index in [4.69, 9.17) is 9.47 Å². The molecule has 272 valence electrons. The SMILES string of the molecule is CCC(Sc1cccc(NC(=O)/C(=C/c2cccc(OC)c2)NC(=O)c2ccccc2)c1)C(=O)Nc1sc2c(c1C(=O)OC)CCC(C(C)(C)C)C2. The van der Waals surface area contributed by atoms with Crippen molar-refractivity contribution in [2.75, 3.05) is 24.9 Å². The van der Waals surface area contributed by atoms with E-state index in [9.17, 15) is 19.2 Å². The summed E-state index contributed by atoms with van der Waals surface area (Å²) in [7, 11) is 2.92. The number of rotatable bonds is 12. The van der Waals surface area contributed by atoms with Crippen LogP contribution in [0, 0.1) is 11.3 Å². The van der Waals surface area contributed by atoms with Gasteiger partial charge in [-0.15, -0.1) is 23.1 Å². The molecule has 0 saturated carbocycles. The van der Waals surface area contributed by atoms with Crippen LogP contribution in [0.5, 0.6) is 5.75 Å². The number of esters is 1. The minimum atomic E-state index is -0.523. The molecule has 2 unspecified atom stereocenters. The van der Waals surface area contributed by atoms with Gasteiger partial charge in [0.1, 0.15) is 16.4 Å². The first kappa shape index (κ1) is 38.4. The zero-order valence-corrected chi connectivity index (χ0v) is 32.0. The van der Waals surface area contributed by atoms with Crippen molar-refractivity contribution in [1.29, 1.82) is 0 Å². The average Bonchev–Trinajstić information content (AvgIpc) is 3.50. The molecule has 1 aliphatic carbocycles. The van der Waals surface area contributed by atoms with Crippen LogP contribution in [0.2, 0.25) is 0 Å². The van der Waals surface area contributed by atoms with Crippen molar-refractivity contribution in [2.45, 2.75) is 63.5 Å². The average molecular weight is 740 g/mol. The van der Waals surface area contributed by atoms with Crippen molar-refractivity contribution in [3.63, 3.8) is 0 Å². The number of hydrogen-bond donors (Lipinski definition) is 3. The molecule has 0 radical (unpaired) electrons. The number of anilines is 2. The van der Waals surface area contributed by atoms with Crippen LogP contribution < -0.4 is 20.7 Å². The van der Waals surface area contributed by atoms with Crippen LogP contribution in [0.15, 0.2) is 89.5 Å². The predicted octanol–water partition coefficient (Wildman–Crippen LogP) is 8.61. The summed E-state index contributed by atoms with van der Waals surface area (Å²) >= 11 is 2.84. The largest absolute Gasteiger partial charge is 0.497 e. The Kier molecular flexibility index (Phi) is 12.6. The number of carbonyl (C=O) groups excluding carboxylic acids is 4. The van der Waals surface area contributed by atoms with Crippen LogP contribution in [0.4, 0.5) is 10.7 Å². The highest BCUT2D eigenvalue weighted by molar-refractivity contribution is 8.00. The van der Waals surface area contributed by atoms with E-state index in [1.54, 1.807) is 79.9 Å². The second-order valence-corrected chi connectivity index (χ2v) is 16.0. The van der Waals surface area contributed by atoms with E-state index in [-0.39, 0.29) is 17.0 Å². The number of nitrogens with one attached hydrogen (secondary N) is 3. The van der Waals surface area contributed by atoms with Crippen LogP contribution in [0.1, 0.15) is 77.3 Å². The van der Waals surface area contributed by atoms with E-state index in [1.165, 1.54) is 30.2 Å². The molecule has 3 aromatic carbocycles. The zero-order chi connectivity index (χ0) is 37.4. The third-order valence-corrected chi connectivity index (χ3v) is 11.6. The lowest BCUT2D eigenvalue weighted by molar-refractivity contribution is -0.116. The summed E-state index contributed by atoms with van der Waals surface area (Å²) in [6, 6.07) is 23.0. The molecule has 5 rings (SSSR count). The van der Waals surface area contributed by atoms with Crippen molar-refractivity contribution >= 4 is 63.6 Å². The number of ether oxygens (including phenoxy) is 2. The summed E-state index contributed by atoms with van der Waals surface area (Å²) in [5.74, 6) is -0.521. The highest BCUT2D eigenvalue weighted by Gasteiger charge is 2.35. The lowest BCUT2D eigenvalue weighted by Gasteiger charge is -2.33. The van der Waals surface area contributed by atoms with E-state index in [2.05, 4.69) is 36.7 Å². The van der Waals surface area contributed by atoms with E-state index in [0.29, 0.717) is 45.5 Å². The van der Waals surface area contributed by atoms with Crippen molar-refractivity contribution in [3.05, 3.63) is 112 Å². The molecule has 0 saturated heterocycles. The van der Waals surface area contributed by atoms with Gasteiger partial charge >= 0.3 is 5.97 Å². The van der Waals surface area contributed by atoms with Gasteiger partial charge in [0.25, 0.3) is 11.8 Å². The van der Waals surface area contributed by atoms with Crippen molar-refractivity contribution in [2.24, 2.45) is 11.3 Å². The summed E-state index contributed by atoms with van der Waals surface area (Å²) in [5.41, 5.74) is 3.18. The Morgan fingerprint density at radius 2 is 1.71 bits per heavy atom. The summed E-state index contributed by atoms with van der Waals surface area (Å²) in [5, 5.41) is 8.77.